The summed E-state index contributed by atoms with van der Waals surface area (Å²) >= 11 is 1.95. The van der Waals surface area contributed by atoms with Crippen LogP contribution in [0.4, 0.5) is 5.69 Å². The zero-order valence-corrected chi connectivity index (χ0v) is 15.2. The van der Waals surface area contributed by atoms with E-state index in [0.717, 1.165) is 12.2 Å². The molecule has 1 aromatic carbocycles. The number of benzene rings is 1. The number of carboxylic acid groups (broad SMARTS) is 1. The second-order valence-corrected chi connectivity index (χ2v) is 6.97. The maximum absolute atomic E-state index is 10.8. The van der Waals surface area contributed by atoms with Crippen LogP contribution in [0.1, 0.15) is 68.1 Å². The Bertz CT molecular complexity index is 420. The molecule has 0 amide bonds. The van der Waals surface area contributed by atoms with E-state index in [9.17, 15) is 4.79 Å². The molecule has 0 bridgehead atoms. The third-order valence-corrected chi connectivity index (χ3v) is 4.68. The Balaban J connectivity index is 1.90. The smallest absolute Gasteiger partial charge is 0.335 e. The fraction of sp³-hybridized carbons (Fsp3) is 0.632. The van der Waals surface area contributed by atoms with E-state index in [4.69, 9.17) is 5.11 Å². The van der Waals surface area contributed by atoms with Crippen LogP contribution in [-0.4, -0.2) is 29.6 Å². The maximum Gasteiger partial charge on any atom is 0.335 e. The van der Waals surface area contributed by atoms with Crippen molar-refractivity contribution in [2.75, 3.05) is 23.9 Å². The second kappa shape index (κ2) is 13.3. The van der Waals surface area contributed by atoms with Crippen molar-refractivity contribution in [1.82, 2.24) is 0 Å². The van der Waals surface area contributed by atoms with Gasteiger partial charge < -0.3 is 10.4 Å². The second-order valence-electron chi connectivity index (χ2n) is 5.98. The topological polar surface area (TPSA) is 49.3 Å². The molecule has 1 rings (SSSR count). The number of anilines is 1. The van der Waals surface area contributed by atoms with E-state index in [0.29, 0.717) is 5.56 Å². The van der Waals surface area contributed by atoms with E-state index in [1.165, 1.54) is 63.5 Å². The lowest BCUT2D eigenvalue weighted by molar-refractivity contribution is 0.0697. The van der Waals surface area contributed by atoms with Crippen LogP contribution in [0.3, 0.4) is 0 Å². The van der Waals surface area contributed by atoms with Gasteiger partial charge in [-0.3, -0.25) is 0 Å². The maximum atomic E-state index is 10.8. The summed E-state index contributed by atoms with van der Waals surface area (Å²) in [5.41, 5.74) is 1.34. The zero-order chi connectivity index (χ0) is 16.8. The van der Waals surface area contributed by atoms with Gasteiger partial charge in [-0.2, -0.15) is 11.8 Å². The van der Waals surface area contributed by atoms with E-state index < -0.39 is 5.97 Å². The molecule has 0 atom stereocenters. The Morgan fingerprint density at radius 3 is 1.96 bits per heavy atom. The van der Waals surface area contributed by atoms with Gasteiger partial charge in [0.2, 0.25) is 0 Å². The molecule has 0 unspecified atom stereocenters. The van der Waals surface area contributed by atoms with Crippen LogP contribution in [0.15, 0.2) is 24.3 Å². The standard InChI is InChI=1S/C19H31NO2S/c1-23-16-10-8-6-4-2-3-5-7-9-15-20-18-13-11-17(12-14-18)19(21)22/h11-14,20H,2-10,15-16H2,1H3,(H,21,22). The highest BCUT2D eigenvalue weighted by Gasteiger charge is 2.01. The monoisotopic (exact) mass is 337 g/mol. The third-order valence-electron chi connectivity index (χ3n) is 3.99. The molecule has 0 aromatic heterocycles. The molecule has 130 valence electrons. The van der Waals surface area contributed by atoms with Gasteiger partial charge in [-0.25, -0.2) is 4.79 Å². The quantitative estimate of drug-likeness (QED) is 0.429. The summed E-state index contributed by atoms with van der Waals surface area (Å²) in [7, 11) is 0. The van der Waals surface area contributed by atoms with Crippen molar-refractivity contribution in [3.8, 4) is 0 Å². The van der Waals surface area contributed by atoms with Gasteiger partial charge in [0.25, 0.3) is 0 Å². The first kappa shape index (κ1) is 19.9. The number of rotatable bonds is 14. The van der Waals surface area contributed by atoms with Crippen LogP contribution in [0.25, 0.3) is 0 Å². The van der Waals surface area contributed by atoms with Crippen LogP contribution in [0.2, 0.25) is 0 Å². The van der Waals surface area contributed by atoms with Crippen molar-refractivity contribution < 1.29 is 9.90 Å². The molecule has 1 aromatic rings. The Kier molecular flexibility index (Phi) is 11.5. The number of nitrogens with one attached hydrogen (secondary N) is 1. The summed E-state index contributed by atoms with van der Waals surface area (Å²) in [5, 5.41) is 12.2. The predicted octanol–water partition coefficient (Wildman–Crippen LogP) is 5.67. The molecule has 3 nitrogen and oxygen atoms in total. The summed E-state index contributed by atoms with van der Waals surface area (Å²) in [4.78, 5) is 10.8. The molecule has 23 heavy (non-hydrogen) atoms. The molecule has 0 saturated carbocycles. The molecule has 0 spiro atoms. The normalized spacial score (nSPS) is 10.7. The first-order chi connectivity index (χ1) is 11.2. The van der Waals surface area contributed by atoms with Crippen molar-refractivity contribution >= 4 is 23.4 Å². The molecule has 0 aliphatic carbocycles. The highest BCUT2D eigenvalue weighted by atomic mass is 32.2. The van der Waals surface area contributed by atoms with Gasteiger partial charge in [0.1, 0.15) is 0 Å². The lowest BCUT2D eigenvalue weighted by atomic mass is 10.1. The third kappa shape index (κ3) is 10.3. The molecule has 2 N–H and O–H groups in total. The van der Waals surface area contributed by atoms with E-state index in [1.54, 1.807) is 12.1 Å². The Hall–Kier alpha value is -1.16. The van der Waals surface area contributed by atoms with Crippen LogP contribution < -0.4 is 5.32 Å². The van der Waals surface area contributed by atoms with Gasteiger partial charge >= 0.3 is 5.97 Å². The molecule has 4 heteroatoms. The first-order valence-corrected chi connectivity index (χ1v) is 10.2. The van der Waals surface area contributed by atoms with Gasteiger partial charge in [0.15, 0.2) is 0 Å². The minimum absolute atomic E-state index is 0.337. The largest absolute Gasteiger partial charge is 0.478 e. The van der Waals surface area contributed by atoms with Crippen LogP contribution in [-0.2, 0) is 0 Å². The van der Waals surface area contributed by atoms with Crippen molar-refractivity contribution in [2.45, 2.75) is 57.8 Å². The van der Waals surface area contributed by atoms with Crippen LogP contribution in [0.5, 0.6) is 0 Å². The van der Waals surface area contributed by atoms with Gasteiger partial charge in [-0.15, -0.1) is 0 Å². The van der Waals surface area contributed by atoms with Crippen molar-refractivity contribution in [3.05, 3.63) is 29.8 Å². The molecule has 0 fully saturated rings. The first-order valence-electron chi connectivity index (χ1n) is 8.80. The Labute approximate surface area is 145 Å². The van der Waals surface area contributed by atoms with Crippen LogP contribution in [0, 0.1) is 0 Å². The number of hydrogen-bond donors (Lipinski definition) is 2. The number of carbonyl (C=O) groups is 1. The van der Waals surface area contributed by atoms with Crippen molar-refractivity contribution in [2.24, 2.45) is 0 Å². The van der Waals surface area contributed by atoms with E-state index in [-0.39, 0.29) is 0 Å². The summed E-state index contributed by atoms with van der Waals surface area (Å²) in [6.07, 6.45) is 14.2. The SMILES string of the molecule is CSCCCCCCCCCCCNc1ccc(C(=O)O)cc1. The molecular formula is C19H31NO2S. The average molecular weight is 338 g/mol. The predicted molar refractivity (Wildman–Crippen MR) is 102 cm³/mol. The lowest BCUT2D eigenvalue weighted by Gasteiger charge is -2.07. The zero-order valence-electron chi connectivity index (χ0n) is 14.4. The molecule has 0 saturated heterocycles. The average Bonchev–Trinajstić information content (AvgIpc) is 2.56. The molecular weight excluding hydrogens is 306 g/mol. The summed E-state index contributed by atoms with van der Waals surface area (Å²) in [6, 6.07) is 6.95. The molecule has 0 heterocycles. The van der Waals surface area contributed by atoms with Crippen molar-refractivity contribution in [1.29, 1.82) is 0 Å². The van der Waals surface area contributed by atoms with Gasteiger partial charge in [-0.1, -0.05) is 44.9 Å². The summed E-state index contributed by atoms with van der Waals surface area (Å²) < 4.78 is 0. The number of hydrogen-bond acceptors (Lipinski definition) is 3. The minimum Gasteiger partial charge on any atom is -0.478 e. The molecule has 0 radical (unpaired) electrons. The number of aromatic carboxylic acids is 1. The fourth-order valence-corrected chi connectivity index (χ4v) is 3.07. The van der Waals surface area contributed by atoms with Gasteiger partial charge in [-0.05, 0) is 49.1 Å². The summed E-state index contributed by atoms with van der Waals surface area (Å²) in [5.74, 6) is 0.437. The Morgan fingerprint density at radius 2 is 1.43 bits per heavy atom. The van der Waals surface area contributed by atoms with Gasteiger partial charge in [0, 0.05) is 12.2 Å². The highest BCUT2D eigenvalue weighted by Crippen LogP contribution is 2.12. The van der Waals surface area contributed by atoms with Gasteiger partial charge in [0.05, 0.1) is 5.56 Å². The minimum atomic E-state index is -0.874. The van der Waals surface area contributed by atoms with E-state index >= 15 is 0 Å². The fourth-order valence-electron chi connectivity index (χ4n) is 2.57. The lowest BCUT2D eigenvalue weighted by Crippen LogP contribution is -2.02. The molecule has 0 aliphatic heterocycles. The van der Waals surface area contributed by atoms with Crippen molar-refractivity contribution in [3.63, 3.8) is 0 Å². The van der Waals surface area contributed by atoms with Crippen LogP contribution >= 0.6 is 11.8 Å². The summed E-state index contributed by atoms with van der Waals surface area (Å²) in [6.45, 7) is 0.959. The molecule has 0 aliphatic rings. The number of carboxylic acids is 1. The Morgan fingerprint density at radius 1 is 0.913 bits per heavy atom. The van der Waals surface area contributed by atoms with E-state index in [1.807, 2.05) is 23.9 Å². The number of thioether (sulfide) groups is 1. The van der Waals surface area contributed by atoms with E-state index in [2.05, 4.69) is 11.6 Å². The highest BCUT2D eigenvalue weighted by molar-refractivity contribution is 7.98. The number of unbranched alkanes of at least 4 members (excludes halogenated alkanes) is 8.